The van der Waals surface area contributed by atoms with Crippen LogP contribution in [0.3, 0.4) is 0 Å². The Hall–Kier alpha value is -3.11. The highest BCUT2D eigenvalue weighted by Crippen LogP contribution is 2.37. The van der Waals surface area contributed by atoms with E-state index in [2.05, 4.69) is 87.5 Å². The molecule has 0 unspecified atom stereocenters. The minimum Gasteiger partial charge on any atom is -0.465 e. The van der Waals surface area contributed by atoms with Gasteiger partial charge < -0.3 is 15.7 Å². The van der Waals surface area contributed by atoms with Crippen molar-refractivity contribution in [1.82, 2.24) is 4.90 Å². The average Bonchev–Trinajstić information content (AvgIpc) is 2.75. The zero-order chi connectivity index (χ0) is 22.4. The molecule has 0 saturated carbocycles. The number of rotatable bonds is 2. The Labute approximate surface area is 185 Å². The van der Waals surface area contributed by atoms with Crippen molar-refractivity contribution in [2.24, 2.45) is 5.73 Å². The van der Waals surface area contributed by atoms with Gasteiger partial charge in [0.2, 0.25) is 0 Å². The van der Waals surface area contributed by atoms with Crippen molar-refractivity contribution in [1.29, 1.82) is 0 Å². The number of carbonyl (C=O) groups is 1. The molecule has 3 aromatic carbocycles. The third kappa shape index (κ3) is 5.53. The number of nitrogens with two attached hydrogens (primary N) is 1. The third-order valence-electron chi connectivity index (χ3n) is 5.85. The van der Waals surface area contributed by atoms with Gasteiger partial charge in [-0.3, -0.25) is 0 Å². The molecule has 4 nitrogen and oxygen atoms in total. The first-order valence-corrected chi connectivity index (χ1v) is 10.8. The summed E-state index contributed by atoms with van der Waals surface area (Å²) in [6, 6.07) is 23.9. The molecule has 31 heavy (non-hydrogen) atoms. The zero-order valence-electron chi connectivity index (χ0n) is 18.6. The first kappa shape index (κ1) is 22.6. The molecule has 0 radical (unpaired) electrons. The summed E-state index contributed by atoms with van der Waals surface area (Å²) in [6.07, 6.45) is 0.993. The molecule has 1 saturated heterocycles. The number of nitrogens with zero attached hydrogens (tertiary/aromatic N) is 1. The van der Waals surface area contributed by atoms with Crippen LogP contribution in [0.15, 0.2) is 66.7 Å². The van der Waals surface area contributed by atoms with E-state index >= 15 is 0 Å². The molecule has 3 aromatic rings. The number of benzene rings is 3. The quantitative estimate of drug-likeness (QED) is 0.536. The largest absolute Gasteiger partial charge is 0.465 e. The molecule has 0 spiro atoms. The number of carboxylic acid groups (broad SMARTS) is 1. The lowest BCUT2D eigenvalue weighted by Gasteiger charge is -2.27. The molecule has 4 heteroatoms. The number of likely N-dealkylation sites (tertiary alicyclic amines) is 1. The molecular weight excluding hydrogens is 384 g/mol. The second-order valence-corrected chi connectivity index (χ2v) is 8.26. The molecule has 1 atom stereocenters. The third-order valence-corrected chi connectivity index (χ3v) is 5.85. The van der Waals surface area contributed by atoms with Crippen LogP contribution in [-0.4, -0.2) is 35.2 Å². The summed E-state index contributed by atoms with van der Waals surface area (Å²) in [6.45, 7) is 7.70. The van der Waals surface area contributed by atoms with Crippen LogP contribution in [0.25, 0.3) is 22.3 Å². The van der Waals surface area contributed by atoms with Gasteiger partial charge in [0.15, 0.2) is 0 Å². The normalized spacial score (nSPS) is 15.7. The van der Waals surface area contributed by atoms with Crippen molar-refractivity contribution < 1.29 is 9.90 Å². The molecule has 1 aliphatic rings. The van der Waals surface area contributed by atoms with Crippen LogP contribution in [0, 0.1) is 20.8 Å². The van der Waals surface area contributed by atoms with E-state index in [9.17, 15) is 4.79 Å². The van der Waals surface area contributed by atoms with Crippen LogP contribution >= 0.6 is 0 Å². The van der Waals surface area contributed by atoms with E-state index in [4.69, 9.17) is 10.8 Å². The van der Waals surface area contributed by atoms with Crippen molar-refractivity contribution in [2.45, 2.75) is 39.7 Å². The summed E-state index contributed by atoms with van der Waals surface area (Å²) < 4.78 is 0. The smallest absolute Gasteiger partial charge is 0.407 e. The Bertz CT molecular complexity index is 1040. The Kier molecular flexibility index (Phi) is 7.48. The number of piperidine rings is 1. The number of aryl methyl sites for hydroxylation is 3. The standard InChI is InChI=1S/C21H20.C6H12N2O2/c1-15-9-4-6-12-18(15)20-14-8-11-17(3)21(20)19-13-7-5-10-16(19)2;7-5-2-1-3-8(4-5)6(9)10/h4-14H,1-3H3;5H,1-4,7H2,(H,9,10)/t;5-/m.1/s1. The van der Waals surface area contributed by atoms with Crippen LogP contribution in [-0.2, 0) is 0 Å². The SMILES string of the molecule is Cc1ccccc1-c1cccc(C)c1-c1ccccc1C.N[C@@H]1CCCN(C(=O)O)C1. The van der Waals surface area contributed by atoms with E-state index in [1.165, 1.54) is 43.8 Å². The maximum Gasteiger partial charge on any atom is 0.407 e. The van der Waals surface area contributed by atoms with Crippen LogP contribution < -0.4 is 5.73 Å². The Morgan fingerprint density at radius 2 is 1.39 bits per heavy atom. The van der Waals surface area contributed by atoms with Crippen LogP contribution in [0.4, 0.5) is 4.79 Å². The van der Waals surface area contributed by atoms with Crippen molar-refractivity contribution in [3.63, 3.8) is 0 Å². The molecule has 0 bridgehead atoms. The van der Waals surface area contributed by atoms with Gasteiger partial charge in [-0.1, -0.05) is 66.7 Å². The van der Waals surface area contributed by atoms with E-state index in [-0.39, 0.29) is 6.04 Å². The average molecular weight is 417 g/mol. The monoisotopic (exact) mass is 416 g/mol. The first-order chi connectivity index (χ1) is 14.9. The molecule has 1 aliphatic heterocycles. The summed E-state index contributed by atoms with van der Waals surface area (Å²) in [7, 11) is 0. The van der Waals surface area contributed by atoms with Crippen molar-refractivity contribution in [2.75, 3.05) is 13.1 Å². The summed E-state index contributed by atoms with van der Waals surface area (Å²) >= 11 is 0. The molecule has 0 aliphatic carbocycles. The zero-order valence-corrected chi connectivity index (χ0v) is 18.6. The van der Waals surface area contributed by atoms with Gasteiger partial charge >= 0.3 is 6.09 Å². The second-order valence-electron chi connectivity index (χ2n) is 8.26. The fraction of sp³-hybridized carbons (Fsp3) is 0.296. The number of hydrogen-bond acceptors (Lipinski definition) is 2. The second kappa shape index (κ2) is 10.3. The molecule has 162 valence electrons. The van der Waals surface area contributed by atoms with Crippen molar-refractivity contribution in [3.8, 4) is 22.3 Å². The summed E-state index contributed by atoms with van der Waals surface area (Å²) in [5.41, 5.74) is 14.8. The van der Waals surface area contributed by atoms with E-state index in [0.29, 0.717) is 13.1 Å². The topological polar surface area (TPSA) is 66.6 Å². The fourth-order valence-corrected chi connectivity index (χ4v) is 4.16. The number of amides is 1. The van der Waals surface area contributed by atoms with Gasteiger partial charge in [-0.15, -0.1) is 0 Å². The predicted octanol–water partition coefficient (Wildman–Crippen LogP) is 6.03. The first-order valence-electron chi connectivity index (χ1n) is 10.8. The fourth-order valence-electron chi connectivity index (χ4n) is 4.16. The van der Waals surface area contributed by atoms with E-state index in [1.54, 1.807) is 0 Å². The van der Waals surface area contributed by atoms with Crippen LogP contribution in [0.2, 0.25) is 0 Å². The van der Waals surface area contributed by atoms with E-state index in [0.717, 1.165) is 12.8 Å². The summed E-state index contributed by atoms with van der Waals surface area (Å²) in [4.78, 5) is 11.7. The van der Waals surface area contributed by atoms with Gasteiger partial charge in [-0.05, 0) is 72.6 Å². The highest BCUT2D eigenvalue weighted by molar-refractivity contribution is 5.87. The van der Waals surface area contributed by atoms with Crippen molar-refractivity contribution in [3.05, 3.63) is 83.4 Å². The lowest BCUT2D eigenvalue weighted by molar-refractivity contribution is 0.131. The summed E-state index contributed by atoms with van der Waals surface area (Å²) in [5.74, 6) is 0. The minimum absolute atomic E-state index is 0.0462. The molecule has 1 heterocycles. The molecule has 0 aromatic heterocycles. The lowest BCUT2D eigenvalue weighted by atomic mass is 9.87. The molecule has 1 amide bonds. The molecule has 1 fully saturated rings. The predicted molar refractivity (Wildman–Crippen MR) is 128 cm³/mol. The van der Waals surface area contributed by atoms with E-state index in [1.807, 2.05) is 0 Å². The maximum atomic E-state index is 10.4. The molecule has 4 rings (SSSR count). The molecule has 3 N–H and O–H groups in total. The highest BCUT2D eigenvalue weighted by Gasteiger charge is 2.19. The van der Waals surface area contributed by atoms with Crippen molar-refractivity contribution >= 4 is 6.09 Å². The number of hydrogen-bond donors (Lipinski definition) is 2. The van der Waals surface area contributed by atoms with Gasteiger partial charge in [0.25, 0.3) is 0 Å². The maximum absolute atomic E-state index is 10.4. The highest BCUT2D eigenvalue weighted by atomic mass is 16.4. The summed E-state index contributed by atoms with van der Waals surface area (Å²) in [5, 5.41) is 8.53. The van der Waals surface area contributed by atoms with E-state index < -0.39 is 6.09 Å². The van der Waals surface area contributed by atoms with Crippen LogP contribution in [0.5, 0.6) is 0 Å². The van der Waals surface area contributed by atoms with Gasteiger partial charge in [0.1, 0.15) is 0 Å². The Morgan fingerprint density at radius 3 is 1.94 bits per heavy atom. The Morgan fingerprint density at radius 1 is 0.839 bits per heavy atom. The molecular formula is C27H32N2O2. The van der Waals surface area contributed by atoms with Gasteiger partial charge in [0.05, 0.1) is 0 Å². The van der Waals surface area contributed by atoms with Crippen LogP contribution in [0.1, 0.15) is 29.5 Å². The Balaban J connectivity index is 0.000000229. The minimum atomic E-state index is -0.852. The lowest BCUT2D eigenvalue weighted by Crippen LogP contribution is -2.45. The van der Waals surface area contributed by atoms with Gasteiger partial charge in [-0.2, -0.15) is 0 Å². The van der Waals surface area contributed by atoms with Gasteiger partial charge in [0, 0.05) is 19.1 Å². The van der Waals surface area contributed by atoms with Gasteiger partial charge in [-0.25, -0.2) is 4.79 Å².